The van der Waals surface area contributed by atoms with Crippen molar-refractivity contribution >= 4 is 16.2 Å². The Morgan fingerprint density at radius 1 is 1.15 bits per heavy atom. The van der Waals surface area contributed by atoms with Crippen molar-refractivity contribution in [2.45, 2.75) is 25.7 Å². The Labute approximate surface area is 118 Å². The normalized spacial score (nSPS) is 11.9. The zero-order valence-corrected chi connectivity index (χ0v) is 12.4. The van der Waals surface area contributed by atoms with Crippen LogP contribution in [-0.4, -0.2) is 14.6 Å². The fourth-order valence-corrected chi connectivity index (χ4v) is 2.85. The van der Waals surface area contributed by atoms with Gasteiger partial charge in [0.25, 0.3) is 10.0 Å². The topological polar surface area (TPSA) is 71.7 Å². The van der Waals surface area contributed by atoms with E-state index in [4.69, 9.17) is 4.42 Å². The number of sulfonamides is 1. The third kappa shape index (κ3) is 3.27. The number of rotatable bonds is 4. The van der Waals surface area contributed by atoms with Gasteiger partial charge < -0.3 is 4.42 Å². The number of hydrazone groups is 1. The molecule has 0 saturated heterocycles. The third-order valence-corrected chi connectivity index (χ3v) is 4.12. The molecule has 0 saturated carbocycles. The summed E-state index contributed by atoms with van der Waals surface area (Å²) < 4.78 is 29.6. The van der Waals surface area contributed by atoms with E-state index in [-0.39, 0.29) is 4.90 Å². The van der Waals surface area contributed by atoms with Crippen LogP contribution in [0.15, 0.2) is 44.7 Å². The smallest absolute Gasteiger partial charge is 0.276 e. The Morgan fingerprint density at radius 3 is 2.55 bits per heavy atom. The Bertz CT molecular complexity index is 746. The Balaban J connectivity index is 2.19. The number of furan rings is 1. The number of hydrogen-bond donors (Lipinski definition) is 1. The molecular formula is C14H16N2O3S. The monoisotopic (exact) mass is 292 g/mol. The van der Waals surface area contributed by atoms with E-state index < -0.39 is 10.0 Å². The molecular weight excluding hydrogens is 276 g/mol. The third-order valence-electron chi connectivity index (χ3n) is 2.76. The maximum Gasteiger partial charge on any atom is 0.276 e. The molecule has 0 amide bonds. The summed E-state index contributed by atoms with van der Waals surface area (Å²) >= 11 is 0. The summed E-state index contributed by atoms with van der Waals surface area (Å²) in [7, 11) is -3.67. The summed E-state index contributed by atoms with van der Waals surface area (Å²) in [6.07, 6.45) is 1.33. The zero-order valence-electron chi connectivity index (χ0n) is 11.5. The van der Waals surface area contributed by atoms with Crippen LogP contribution in [-0.2, 0) is 10.0 Å². The average molecular weight is 292 g/mol. The fraction of sp³-hybridized carbons (Fsp3) is 0.214. The van der Waals surface area contributed by atoms with Crippen LogP contribution < -0.4 is 4.83 Å². The van der Waals surface area contributed by atoms with Gasteiger partial charge in [-0.2, -0.15) is 18.4 Å². The van der Waals surface area contributed by atoms with Crippen LogP contribution in [0.4, 0.5) is 0 Å². The summed E-state index contributed by atoms with van der Waals surface area (Å²) in [5.74, 6) is 1.23. The summed E-state index contributed by atoms with van der Waals surface area (Å²) in [4.78, 5) is 2.41. The van der Waals surface area contributed by atoms with Crippen LogP contribution in [0.2, 0.25) is 0 Å². The van der Waals surface area contributed by atoms with E-state index in [0.717, 1.165) is 11.3 Å². The number of nitrogens with one attached hydrogen (secondary N) is 1. The van der Waals surface area contributed by atoms with Crippen molar-refractivity contribution in [2.24, 2.45) is 5.10 Å². The molecule has 1 aromatic heterocycles. The zero-order chi connectivity index (χ0) is 14.8. The molecule has 0 radical (unpaired) electrons. The molecule has 0 aliphatic rings. The first kappa shape index (κ1) is 14.3. The Kier molecular flexibility index (Phi) is 3.94. The molecule has 0 bridgehead atoms. The van der Waals surface area contributed by atoms with Crippen molar-refractivity contribution in [3.63, 3.8) is 0 Å². The maximum absolute atomic E-state index is 12.1. The van der Waals surface area contributed by atoms with E-state index in [1.54, 1.807) is 38.1 Å². The van der Waals surface area contributed by atoms with Crippen molar-refractivity contribution in [2.75, 3.05) is 0 Å². The van der Waals surface area contributed by atoms with Gasteiger partial charge in [-0.1, -0.05) is 12.1 Å². The van der Waals surface area contributed by atoms with Gasteiger partial charge in [0.05, 0.1) is 11.1 Å². The minimum Gasteiger partial charge on any atom is -0.460 e. The van der Waals surface area contributed by atoms with Crippen LogP contribution in [0, 0.1) is 20.8 Å². The fourth-order valence-electron chi connectivity index (χ4n) is 1.73. The molecule has 1 heterocycles. The quantitative estimate of drug-likeness (QED) is 0.695. The lowest BCUT2D eigenvalue weighted by Gasteiger charge is -2.07. The van der Waals surface area contributed by atoms with Gasteiger partial charge in [0, 0.05) is 0 Å². The van der Waals surface area contributed by atoms with Gasteiger partial charge in [0.2, 0.25) is 0 Å². The van der Waals surface area contributed by atoms with Crippen molar-refractivity contribution in [1.82, 2.24) is 4.83 Å². The number of aryl methyl sites for hydroxylation is 3. The Morgan fingerprint density at radius 2 is 1.90 bits per heavy atom. The lowest BCUT2D eigenvalue weighted by molar-refractivity contribution is 0.527. The highest BCUT2D eigenvalue weighted by Crippen LogP contribution is 2.16. The van der Waals surface area contributed by atoms with E-state index >= 15 is 0 Å². The second-order valence-electron chi connectivity index (χ2n) is 4.57. The van der Waals surface area contributed by atoms with Gasteiger partial charge in [-0.05, 0) is 50.1 Å². The van der Waals surface area contributed by atoms with E-state index in [2.05, 4.69) is 9.93 Å². The van der Waals surface area contributed by atoms with Crippen LogP contribution >= 0.6 is 0 Å². The summed E-state index contributed by atoms with van der Waals surface area (Å²) in [6.45, 7) is 5.39. The average Bonchev–Trinajstić information content (AvgIpc) is 2.78. The van der Waals surface area contributed by atoms with Gasteiger partial charge in [0.1, 0.15) is 11.5 Å². The van der Waals surface area contributed by atoms with E-state index in [1.165, 1.54) is 6.21 Å². The Hall–Kier alpha value is -2.08. The van der Waals surface area contributed by atoms with Crippen molar-refractivity contribution < 1.29 is 12.8 Å². The minimum absolute atomic E-state index is 0.227. The van der Waals surface area contributed by atoms with E-state index in [1.807, 2.05) is 13.0 Å². The molecule has 2 aromatic rings. The molecule has 2 rings (SSSR count). The van der Waals surface area contributed by atoms with Crippen LogP contribution in [0.25, 0.3) is 0 Å². The van der Waals surface area contributed by atoms with Crippen molar-refractivity contribution in [3.8, 4) is 0 Å². The molecule has 0 spiro atoms. The van der Waals surface area contributed by atoms with Crippen molar-refractivity contribution in [1.29, 1.82) is 0 Å². The predicted octanol–water partition coefficient (Wildman–Crippen LogP) is 2.52. The van der Waals surface area contributed by atoms with Crippen LogP contribution in [0.3, 0.4) is 0 Å². The van der Waals surface area contributed by atoms with Gasteiger partial charge in [-0.25, -0.2) is 0 Å². The molecule has 20 heavy (non-hydrogen) atoms. The minimum atomic E-state index is -3.67. The number of nitrogens with zero attached hydrogens (tertiary/aromatic N) is 1. The molecule has 1 N–H and O–H groups in total. The summed E-state index contributed by atoms with van der Waals surface area (Å²) in [5, 5.41) is 3.72. The van der Waals surface area contributed by atoms with Gasteiger partial charge >= 0.3 is 0 Å². The highest BCUT2D eigenvalue weighted by atomic mass is 32.2. The van der Waals surface area contributed by atoms with E-state index in [0.29, 0.717) is 11.3 Å². The number of benzene rings is 1. The first-order chi connectivity index (χ1) is 9.38. The standard InChI is InChI=1S/C14H16N2O3S/c1-10-4-5-11(2)14(8-10)20(17,18)16-15-9-13-7-6-12(3)19-13/h4-9,16H,1-3H3/b15-9-. The molecule has 5 nitrogen and oxygen atoms in total. The second-order valence-corrected chi connectivity index (χ2v) is 6.20. The largest absolute Gasteiger partial charge is 0.460 e. The molecule has 0 atom stereocenters. The predicted molar refractivity (Wildman–Crippen MR) is 77.3 cm³/mol. The summed E-state index contributed by atoms with van der Waals surface area (Å²) in [6, 6.07) is 8.74. The maximum atomic E-state index is 12.1. The molecule has 0 aliphatic carbocycles. The number of hydrogen-bond acceptors (Lipinski definition) is 4. The first-order valence-corrected chi connectivity index (χ1v) is 7.55. The lowest BCUT2D eigenvalue weighted by atomic mass is 10.2. The molecule has 6 heteroatoms. The molecule has 0 fully saturated rings. The highest BCUT2D eigenvalue weighted by molar-refractivity contribution is 7.89. The van der Waals surface area contributed by atoms with Gasteiger partial charge in [-0.15, -0.1) is 0 Å². The summed E-state index contributed by atoms with van der Waals surface area (Å²) in [5.41, 5.74) is 1.55. The molecule has 0 aliphatic heterocycles. The highest BCUT2D eigenvalue weighted by Gasteiger charge is 2.15. The van der Waals surface area contributed by atoms with Crippen LogP contribution in [0.5, 0.6) is 0 Å². The molecule has 106 valence electrons. The van der Waals surface area contributed by atoms with Gasteiger partial charge in [0.15, 0.2) is 0 Å². The first-order valence-electron chi connectivity index (χ1n) is 6.07. The van der Waals surface area contributed by atoms with Crippen LogP contribution in [0.1, 0.15) is 22.6 Å². The SMILES string of the molecule is Cc1ccc(C)c(S(=O)(=O)N/N=C\c2ccc(C)o2)c1. The lowest BCUT2D eigenvalue weighted by Crippen LogP contribution is -2.19. The van der Waals surface area contributed by atoms with E-state index in [9.17, 15) is 8.42 Å². The van der Waals surface area contributed by atoms with Gasteiger partial charge in [-0.3, -0.25) is 0 Å². The molecule has 0 unspecified atom stereocenters. The molecule has 1 aromatic carbocycles. The second kappa shape index (κ2) is 5.50. The van der Waals surface area contributed by atoms with Crippen molar-refractivity contribution in [3.05, 3.63) is 53.0 Å².